The Morgan fingerprint density at radius 3 is 1.52 bits per heavy atom. The second-order valence-corrected chi connectivity index (χ2v) is 13.2. The highest BCUT2D eigenvalue weighted by Gasteiger charge is 2.59. The van der Waals surface area contributed by atoms with Crippen molar-refractivity contribution in [1.29, 1.82) is 0 Å². The highest BCUT2D eigenvalue weighted by atomic mass is 32.2. The smallest absolute Gasteiger partial charge is 0.272 e. The van der Waals surface area contributed by atoms with Gasteiger partial charge in [-0.2, -0.15) is 8.42 Å². The van der Waals surface area contributed by atoms with Crippen LogP contribution in [0.3, 0.4) is 0 Å². The van der Waals surface area contributed by atoms with Crippen LogP contribution in [0.4, 0.5) is 0 Å². The van der Waals surface area contributed by atoms with E-state index in [1.165, 1.54) is 7.11 Å². The van der Waals surface area contributed by atoms with Crippen LogP contribution in [0.25, 0.3) is 0 Å². The van der Waals surface area contributed by atoms with Crippen LogP contribution in [0, 0.1) is 0 Å². The van der Waals surface area contributed by atoms with Crippen molar-refractivity contribution in [3.63, 3.8) is 0 Å². The molecule has 48 heavy (non-hydrogen) atoms. The molecule has 4 aromatic rings. The van der Waals surface area contributed by atoms with E-state index in [1.807, 2.05) is 121 Å². The summed E-state index contributed by atoms with van der Waals surface area (Å²) in [6, 6.07) is 38.9. The maximum atomic E-state index is 13.3. The fourth-order valence-electron chi connectivity index (χ4n) is 5.73. The Morgan fingerprint density at radius 2 is 1.06 bits per heavy atom. The van der Waals surface area contributed by atoms with Gasteiger partial charge in [-0.1, -0.05) is 121 Å². The van der Waals surface area contributed by atoms with Crippen molar-refractivity contribution in [3.05, 3.63) is 144 Å². The highest BCUT2D eigenvalue weighted by Crippen LogP contribution is 2.39. The first-order valence-electron chi connectivity index (χ1n) is 16.1. The number of methoxy groups -OCH3 is 1. The van der Waals surface area contributed by atoms with E-state index in [-0.39, 0.29) is 33.0 Å². The van der Waals surface area contributed by atoms with Crippen molar-refractivity contribution in [2.24, 2.45) is 0 Å². The summed E-state index contributed by atoms with van der Waals surface area (Å²) in [6.45, 7) is 2.53. The quantitative estimate of drug-likeness (QED) is 0.116. The molecule has 1 aliphatic heterocycles. The first-order valence-corrected chi connectivity index (χ1v) is 17.7. The number of hydrogen-bond donors (Lipinski definition) is 0. The summed E-state index contributed by atoms with van der Waals surface area (Å²) in [6.07, 6.45) is -3.48. The Hall–Kier alpha value is -3.45. The summed E-state index contributed by atoms with van der Waals surface area (Å²) < 4.78 is 70.7. The second kappa shape index (κ2) is 17.8. The van der Waals surface area contributed by atoms with Crippen molar-refractivity contribution in [3.8, 4) is 0 Å². The van der Waals surface area contributed by atoms with Gasteiger partial charge in [0, 0.05) is 7.11 Å². The molecular weight excluding hydrogens is 632 g/mol. The van der Waals surface area contributed by atoms with Gasteiger partial charge in [0.25, 0.3) is 10.1 Å². The van der Waals surface area contributed by atoms with Crippen LogP contribution in [0.1, 0.15) is 29.2 Å². The van der Waals surface area contributed by atoms with E-state index in [0.717, 1.165) is 22.3 Å². The molecule has 5 atom stereocenters. The van der Waals surface area contributed by atoms with Gasteiger partial charge in [0.1, 0.15) is 30.2 Å². The highest BCUT2D eigenvalue weighted by molar-refractivity contribution is 7.86. The molecule has 1 fully saturated rings. The molecule has 1 heterocycles. The Balaban J connectivity index is 1.53. The van der Waals surface area contributed by atoms with Crippen molar-refractivity contribution in [2.45, 2.75) is 63.6 Å². The minimum atomic E-state index is -4.14. The molecule has 4 aromatic carbocycles. The molecule has 0 saturated carbocycles. The maximum absolute atomic E-state index is 13.3. The Kier molecular flexibility index (Phi) is 13.3. The van der Waals surface area contributed by atoms with Crippen molar-refractivity contribution in [1.82, 2.24) is 0 Å². The molecular formula is C38H44O9S. The monoisotopic (exact) mass is 676 g/mol. The van der Waals surface area contributed by atoms with Gasteiger partial charge < -0.3 is 28.4 Å². The van der Waals surface area contributed by atoms with Crippen LogP contribution in [0.2, 0.25) is 0 Å². The van der Waals surface area contributed by atoms with Crippen LogP contribution in [0.15, 0.2) is 121 Å². The minimum Gasteiger partial charge on any atom is -0.374 e. The standard InChI is InChI=1S/C38H44O9S/c1-3-46-48(39,40)29-38(41-2)37(45-27-33-22-14-7-15-23-33)36(44-26-32-20-12-6-13-21-32)35(43-25-31-18-10-5-11-19-31)34(47-38)28-42-24-30-16-8-4-9-17-30/h4-23,34-37H,3,24-29H2,1-2H3/t34-,35-,36+,37-,38-/m1/s1. The average molecular weight is 677 g/mol. The Labute approximate surface area is 283 Å². The summed E-state index contributed by atoms with van der Waals surface area (Å²) >= 11 is 0. The summed E-state index contributed by atoms with van der Waals surface area (Å²) in [4.78, 5) is 0. The molecule has 10 heteroatoms. The lowest BCUT2D eigenvalue weighted by Gasteiger charge is -2.51. The fraction of sp³-hybridized carbons (Fsp3) is 0.368. The van der Waals surface area contributed by atoms with Gasteiger partial charge in [-0.15, -0.1) is 0 Å². The van der Waals surface area contributed by atoms with Crippen molar-refractivity contribution in [2.75, 3.05) is 26.1 Å². The van der Waals surface area contributed by atoms with E-state index in [0.29, 0.717) is 6.61 Å². The predicted octanol–water partition coefficient (Wildman–Crippen LogP) is 6.07. The van der Waals surface area contributed by atoms with Crippen LogP contribution >= 0.6 is 0 Å². The topological polar surface area (TPSA) is 98.8 Å². The number of benzene rings is 4. The van der Waals surface area contributed by atoms with Gasteiger partial charge in [-0.05, 0) is 29.2 Å². The molecule has 0 unspecified atom stereocenters. The molecule has 256 valence electrons. The van der Waals surface area contributed by atoms with Crippen molar-refractivity contribution < 1.29 is 41.0 Å². The number of ether oxygens (including phenoxy) is 6. The largest absolute Gasteiger partial charge is 0.374 e. The summed E-state index contributed by atoms with van der Waals surface area (Å²) in [7, 11) is -2.73. The maximum Gasteiger partial charge on any atom is 0.272 e. The lowest BCUT2D eigenvalue weighted by molar-refractivity contribution is -0.369. The molecule has 0 radical (unpaired) electrons. The summed E-state index contributed by atoms with van der Waals surface area (Å²) in [5.41, 5.74) is 3.74. The van der Waals surface area contributed by atoms with Gasteiger partial charge in [0.05, 0.1) is 39.6 Å². The van der Waals surface area contributed by atoms with Gasteiger partial charge in [-0.25, -0.2) is 0 Å². The third kappa shape index (κ3) is 10.0. The lowest BCUT2D eigenvalue weighted by atomic mass is 9.92. The number of rotatable bonds is 18. The molecule has 1 saturated heterocycles. The minimum absolute atomic E-state index is 0.0436. The Morgan fingerprint density at radius 1 is 0.625 bits per heavy atom. The summed E-state index contributed by atoms with van der Waals surface area (Å²) in [5.74, 6) is -2.48. The first-order chi connectivity index (χ1) is 23.4. The normalized spacial score (nSPS) is 22.8. The van der Waals surface area contributed by atoms with E-state index >= 15 is 0 Å². The van der Waals surface area contributed by atoms with Gasteiger partial charge in [0.2, 0.25) is 5.79 Å². The molecule has 9 nitrogen and oxygen atoms in total. The van der Waals surface area contributed by atoms with E-state index in [4.69, 9.17) is 32.6 Å². The molecule has 0 N–H and O–H groups in total. The third-order valence-corrected chi connectivity index (χ3v) is 9.38. The van der Waals surface area contributed by atoms with Crippen molar-refractivity contribution >= 4 is 10.1 Å². The van der Waals surface area contributed by atoms with Gasteiger partial charge >= 0.3 is 0 Å². The third-order valence-electron chi connectivity index (χ3n) is 8.03. The average Bonchev–Trinajstić information content (AvgIpc) is 3.11. The molecule has 5 rings (SSSR count). The number of hydrogen-bond acceptors (Lipinski definition) is 9. The van der Waals surface area contributed by atoms with Crippen LogP contribution in [-0.4, -0.2) is 64.7 Å². The fourth-order valence-corrected chi connectivity index (χ4v) is 7.01. The van der Waals surface area contributed by atoms with E-state index in [9.17, 15) is 8.42 Å². The molecule has 1 aliphatic rings. The molecule has 0 amide bonds. The van der Waals surface area contributed by atoms with E-state index in [1.54, 1.807) is 6.92 Å². The van der Waals surface area contributed by atoms with E-state index < -0.39 is 46.1 Å². The van der Waals surface area contributed by atoms with E-state index in [2.05, 4.69) is 0 Å². The molecule has 0 aromatic heterocycles. The molecule has 0 spiro atoms. The lowest BCUT2D eigenvalue weighted by Crippen LogP contribution is -2.69. The van der Waals surface area contributed by atoms with Crippen LogP contribution in [0.5, 0.6) is 0 Å². The molecule has 0 bridgehead atoms. The van der Waals surface area contributed by atoms with Crippen LogP contribution in [-0.2, 0) is 69.1 Å². The second-order valence-electron chi connectivity index (χ2n) is 11.5. The Bertz CT molecular complexity index is 1590. The van der Waals surface area contributed by atoms with Gasteiger partial charge in [-0.3, -0.25) is 4.18 Å². The van der Waals surface area contributed by atoms with Gasteiger partial charge in [0.15, 0.2) is 0 Å². The predicted molar refractivity (Wildman–Crippen MR) is 181 cm³/mol. The zero-order valence-electron chi connectivity index (χ0n) is 27.4. The molecule has 0 aliphatic carbocycles. The zero-order chi connectivity index (χ0) is 33.7. The summed E-state index contributed by atoms with van der Waals surface area (Å²) in [5, 5.41) is 0. The van der Waals surface area contributed by atoms with Crippen LogP contribution < -0.4 is 0 Å². The SMILES string of the molecule is CCOS(=O)(=O)C[C@@]1(OC)O[C@H](COCc2ccccc2)[C@@H](OCc2ccccc2)[C@H](OCc2ccccc2)[C@H]1OCc1ccccc1. The zero-order valence-corrected chi connectivity index (χ0v) is 28.2. The first kappa shape index (κ1) is 35.8.